The van der Waals surface area contributed by atoms with Crippen LogP contribution in [0, 0.1) is 5.41 Å². The summed E-state index contributed by atoms with van der Waals surface area (Å²) in [6, 6.07) is 27.6. The molecule has 0 saturated heterocycles. The Balaban J connectivity index is 1.20. The van der Waals surface area contributed by atoms with Crippen molar-refractivity contribution in [2.24, 2.45) is 5.41 Å². The van der Waals surface area contributed by atoms with E-state index in [1.165, 1.54) is 26.4 Å². The van der Waals surface area contributed by atoms with Crippen LogP contribution in [0.2, 0.25) is 0 Å². The van der Waals surface area contributed by atoms with Gasteiger partial charge in [-0.2, -0.15) is 0 Å². The van der Waals surface area contributed by atoms with Gasteiger partial charge in [-0.05, 0) is 121 Å². The van der Waals surface area contributed by atoms with E-state index in [4.69, 9.17) is 30.4 Å². The average Bonchev–Trinajstić information content (AvgIpc) is 3.36. The lowest BCUT2D eigenvalue weighted by atomic mass is 9.76. The average molecular weight is 947 g/mol. The maximum absolute atomic E-state index is 14.3. The standard InChI is InChI=1S/C55H66N2O12/c1-64-49(58)33-23-41-15-25-45(26-16-41)51(60)66-35-11-7-3-5-9-13-37-68-53(62)55(39-43-19-29-47(56)30-20-43,40-44-21-31-48(57)32-22-44)54(63)69-38-14-10-6-4-8-12-36-67-52(61)46-27-17-42(18-28-46)24-34-50(59)65-2/h15-34H,3-14,35-40,56-57H2,1-2H3. The Morgan fingerprint density at radius 1 is 0.420 bits per heavy atom. The van der Waals surface area contributed by atoms with E-state index >= 15 is 0 Å². The number of rotatable bonds is 30. The molecule has 0 heterocycles. The summed E-state index contributed by atoms with van der Waals surface area (Å²) in [6.45, 7) is 0.856. The molecule has 4 rings (SSSR count). The third kappa shape index (κ3) is 19.9. The zero-order chi connectivity index (χ0) is 49.7. The van der Waals surface area contributed by atoms with Crippen LogP contribution in [0.15, 0.2) is 109 Å². The molecule has 0 aliphatic carbocycles. The summed E-state index contributed by atoms with van der Waals surface area (Å²) in [5.74, 6) is -3.06. The van der Waals surface area contributed by atoms with Crippen molar-refractivity contribution >= 4 is 59.3 Å². The molecule has 14 heteroatoms. The maximum atomic E-state index is 14.3. The SMILES string of the molecule is COC(=O)C=Cc1ccc(C(=O)OCCCCCCCCOC(=O)C(Cc2ccc(N)cc2)(Cc2ccc(N)cc2)C(=O)OCCCCCCCCOC(=O)c2ccc(C=CC(=O)OC)cc2)cc1. The molecule has 0 aromatic heterocycles. The van der Waals surface area contributed by atoms with Crippen LogP contribution < -0.4 is 11.5 Å². The number of nitrogen functional groups attached to an aromatic ring is 2. The lowest BCUT2D eigenvalue weighted by molar-refractivity contribution is -0.173. The van der Waals surface area contributed by atoms with E-state index in [2.05, 4.69) is 9.47 Å². The number of carbonyl (C=O) groups excluding carboxylic acids is 6. The molecule has 0 radical (unpaired) electrons. The number of anilines is 2. The number of ether oxygens (including phenoxy) is 6. The normalized spacial score (nSPS) is 11.3. The Kier molecular flexibility index (Phi) is 23.8. The van der Waals surface area contributed by atoms with Crippen molar-refractivity contribution in [2.75, 3.05) is 52.1 Å². The van der Waals surface area contributed by atoms with Crippen LogP contribution in [-0.2, 0) is 60.4 Å². The molecular weight excluding hydrogens is 881 g/mol. The molecule has 69 heavy (non-hydrogen) atoms. The summed E-state index contributed by atoms with van der Waals surface area (Å²) >= 11 is 0. The summed E-state index contributed by atoms with van der Waals surface area (Å²) in [7, 11) is 2.61. The maximum Gasteiger partial charge on any atom is 0.338 e. The minimum atomic E-state index is -1.67. The van der Waals surface area contributed by atoms with E-state index in [9.17, 15) is 28.8 Å². The third-order valence-corrected chi connectivity index (χ3v) is 11.3. The molecule has 0 saturated carbocycles. The first kappa shape index (κ1) is 54.4. The number of methoxy groups -OCH3 is 2. The van der Waals surface area contributed by atoms with Gasteiger partial charge in [-0.1, -0.05) is 99.9 Å². The van der Waals surface area contributed by atoms with Crippen LogP contribution in [-0.4, -0.2) is 76.5 Å². The van der Waals surface area contributed by atoms with Gasteiger partial charge in [0.15, 0.2) is 5.41 Å². The number of hydrogen-bond acceptors (Lipinski definition) is 14. The van der Waals surface area contributed by atoms with Gasteiger partial charge in [0.1, 0.15) is 0 Å². The third-order valence-electron chi connectivity index (χ3n) is 11.3. The van der Waals surface area contributed by atoms with Gasteiger partial charge in [-0.3, -0.25) is 9.59 Å². The molecule has 0 unspecified atom stereocenters. The predicted molar refractivity (Wildman–Crippen MR) is 264 cm³/mol. The molecule has 4 N–H and O–H groups in total. The summed E-state index contributed by atoms with van der Waals surface area (Å²) in [6.07, 6.45) is 15.4. The van der Waals surface area contributed by atoms with Gasteiger partial charge in [-0.25, -0.2) is 19.2 Å². The lowest BCUT2D eigenvalue weighted by Crippen LogP contribution is -2.46. The molecule has 368 valence electrons. The molecule has 4 aromatic rings. The van der Waals surface area contributed by atoms with Crippen LogP contribution in [0.4, 0.5) is 11.4 Å². The first-order valence-corrected chi connectivity index (χ1v) is 23.5. The van der Waals surface area contributed by atoms with Gasteiger partial charge < -0.3 is 39.9 Å². The number of nitrogens with two attached hydrogens (primary N) is 2. The van der Waals surface area contributed by atoms with Crippen LogP contribution in [0.25, 0.3) is 12.2 Å². The van der Waals surface area contributed by atoms with Crippen LogP contribution in [0.5, 0.6) is 0 Å². The van der Waals surface area contributed by atoms with Gasteiger partial charge in [0, 0.05) is 23.5 Å². The van der Waals surface area contributed by atoms with E-state index in [1.807, 2.05) is 0 Å². The highest BCUT2D eigenvalue weighted by atomic mass is 16.6. The molecule has 0 bridgehead atoms. The first-order chi connectivity index (χ1) is 33.4. The van der Waals surface area contributed by atoms with E-state index in [0.717, 1.165) is 73.6 Å². The molecule has 4 aromatic carbocycles. The molecule has 0 spiro atoms. The fourth-order valence-electron chi connectivity index (χ4n) is 7.25. The highest BCUT2D eigenvalue weighted by Gasteiger charge is 2.49. The van der Waals surface area contributed by atoms with Crippen LogP contribution in [0.1, 0.15) is 120 Å². The van der Waals surface area contributed by atoms with E-state index in [-0.39, 0.29) is 26.1 Å². The molecule has 0 aliphatic rings. The molecule has 0 amide bonds. The van der Waals surface area contributed by atoms with Gasteiger partial charge in [0.25, 0.3) is 0 Å². The Morgan fingerprint density at radius 2 is 0.725 bits per heavy atom. The number of esters is 6. The highest BCUT2D eigenvalue weighted by molar-refractivity contribution is 6.01. The lowest BCUT2D eigenvalue weighted by Gasteiger charge is -2.30. The highest BCUT2D eigenvalue weighted by Crippen LogP contribution is 2.33. The number of benzene rings is 4. The van der Waals surface area contributed by atoms with Gasteiger partial charge >= 0.3 is 35.8 Å². The quantitative estimate of drug-likeness (QED) is 0.0125. The van der Waals surface area contributed by atoms with Crippen molar-refractivity contribution in [3.63, 3.8) is 0 Å². The summed E-state index contributed by atoms with van der Waals surface area (Å²) in [5, 5.41) is 0. The zero-order valence-electron chi connectivity index (χ0n) is 39.8. The Bertz CT molecular complexity index is 2120. The fourth-order valence-corrected chi connectivity index (χ4v) is 7.25. The van der Waals surface area contributed by atoms with Crippen molar-refractivity contribution in [3.05, 3.63) is 143 Å². The predicted octanol–water partition coefficient (Wildman–Crippen LogP) is 9.48. The van der Waals surface area contributed by atoms with Crippen molar-refractivity contribution in [2.45, 2.75) is 89.9 Å². The molecular formula is C55H66N2O12. The van der Waals surface area contributed by atoms with E-state index < -0.39 is 41.2 Å². The first-order valence-electron chi connectivity index (χ1n) is 23.5. The topological polar surface area (TPSA) is 210 Å². The summed E-state index contributed by atoms with van der Waals surface area (Å²) in [4.78, 5) is 76.1. The van der Waals surface area contributed by atoms with Crippen molar-refractivity contribution in [1.82, 2.24) is 0 Å². The number of unbranched alkanes of at least 4 members (excludes halogenated alkanes) is 10. The largest absolute Gasteiger partial charge is 0.466 e. The molecule has 0 aliphatic heterocycles. The second-order valence-corrected chi connectivity index (χ2v) is 16.7. The fraction of sp³-hybridized carbons (Fsp3) is 0.382. The number of hydrogen-bond donors (Lipinski definition) is 2. The Morgan fingerprint density at radius 3 is 1.04 bits per heavy atom. The minimum Gasteiger partial charge on any atom is -0.466 e. The van der Waals surface area contributed by atoms with Crippen LogP contribution in [0.3, 0.4) is 0 Å². The molecule has 14 nitrogen and oxygen atoms in total. The minimum absolute atomic E-state index is 0.0455. The second-order valence-electron chi connectivity index (χ2n) is 16.7. The van der Waals surface area contributed by atoms with E-state index in [0.29, 0.717) is 61.4 Å². The van der Waals surface area contributed by atoms with Gasteiger partial charge in [0.2, 0.25) is 0 Å². The Hall–Kier alpha value is -7.22. The molecule has 0 fully saturated rings. The van der Waals surface area contributed by atoms with Gasteiger partial charge in [-0.15, -0.1) is 0 Å². The number of carbonyl (C=O) groups is 6. The van der Waals surface area contributed by atoms with Gasteiger partial charge in [0.05, 0.1) is 51.8 Å². The smallest absolute Gasteiger partial charge is 0.338 e. The zero-order valence-corrected chi connectivity index (χ0v) is 39.8. The summed E-state index contributed by atoms with van der Waals surface area (Å²) < 4.78 is 31.9. The van der Waals surface area contributed by atoms with Crippen molar-refractivity contribution in [3.8, 4) is 0 Å². The van der Waals surface area contributed by atoms with Crippen molar-refractivity contribution < 1.29 is 57.2 Å². The summed E-state index contributed by atoms with van der Waals surface area (Å²) in [5.41, 5.74) is 15.2. The Labute approximate surface area is 405 Å². The molecule has 0 atom stereocenters. The monoisotopic (exact) mass is 946 g/mol. The van der Waals surface area contributed by atoms with Crippen LogP contribution >= 0.6 is 0 Å². The van der Waals surface area contributed by atoms with Crippen molar-refractivity contribution in [1.29, 1.82) is 0 Å². The second kappa shape index (κ2) is 30.2. The van der Waals surface area contributed by atoms with E-state index in [1.54, 1.807) is 109 Å².